The molecule has 2 N–H and O–H groups in total. The predicted octanol–water partition coefficient (Wildman–Crippen LogP) is 2.54. The van der Waals surface area contributed by atoms with E-state index in [1.165, 1.54) is 0 Å². The van der Waals surface area contributed by atoms with E-state index in [0.29, 0.717) is 0 Å². The molecule has 0 aromatic carbocycles. The Hall–Kier alpha value is -1.26. The first-order valence-electron chi connectivity index (χ1n) is 6.49. The number of ether oxygens (including phenoxy) is 1. The Bertz CT molecular complexity index is 309. The van der Waals surface area contributed by atoms with Gasteiger partial charge in [-0.25, -0.2) is 4.79 Å². The standard InChI is InChI=1S/C13H23NO4/c1-13(2,3)18-12(17)14-10-7-5-4-6-9(10)8-11(15)16/h9-10H,4-8H2,1-3H3,(H,14,17)(H,15,16)/t9-,10+/m0/s1. The number of carboxylic acid groups (broad SMARTS) is 1. The zero-order valence-corrected chi connectivity index (χ0v) is 11.4. The predicted molar refractivity (Wildman–Crippen MR) is 67.4 cm³/mol. The molecule has 0 saturated heterocycles. The summed E-state index contributed by atoms with van der Waals surface area (Å²) in [6, 6.07) is -0.0790. The molecule has 1 aliphatic rings. The monoisotopic (exact) mass is 257 g/mol. The number of carbonyl (C=O) groups excluding carboxylic acids is 1. The number of hydrogen-bond donors (Lipinski definition) is 2. The second-order valence-corrected chi connectivity index (χ2v) is 5.90. The van der Waals surface area contributed by atoms with Gasteiger partial charge in [-0.15, -0.1) is 0 Å². The molecule has 1 fully saturated rings. The lowest BCUT2D eigenvalue weighted by Gasteiger charge is -2.32. The fourth-order valence-corrected chi connectivity index (χ4v) is 2.33. The van der Waals surface area contributed by atoms with Crippen LogP contribution in [0.3, 0.4) is 0 Å². The first-order valence-corrected chi connectivity index (χ1v) is 6.49. The Morgan fingerprint density at radius 2 is 1.89 bits per heavy atom. The number of hydrogen-bond acceptors (Lipinski definition) is 3. The third-order valence-corrected chi connectivity index (χ3v) is 3.05. The Labute approximate surface area is 108 Å². The number of carbonyl (C=O) groups is 2. The minimum absolute atomic E-state index is 0.0174. The van der Waals surface area contributed by atoms with Gasteiger partial charge in [0.2, 0.25) is 0 Å². The Balaban J connectivity index is 2.51. The highest BCUT2D eigenvalue weighted by Crippen LogP contribution is 2.27. The van der Waals surface area contributed by atoms with Crippen LogP contribution in [0.25, 0.3) is 0 Å². The van der Waals surface area contributed by atoms with Crippen molar-refractivity contribution < 1.29 is 19.4 Å². The van der Waals surface area contributed by atoms with E-state index in [4.69, 9.17) is 9.84 Å². The van der Waals surface area contributed by atoms with Gasteiger partial charge in [0.05, 0.1) is 6.42 Å². The molecule has 5 heteroatoms. The van der Waals surface area contributed by atoms with Gasteiger partial charge in [0, 0.05) is 6.04 Å². The van der Waals surface area contributed by atoms with E-state index in [1.807, 2.05) is 20.8 Å². The van der Waals surface area contributed by atoms with Crippen molar-refractivity contribution in [2.45, 2.75) is 64.5 Å². The van der Waals surface area contributed by atoms with E-state index in [2.05, 4.69) is 5.32 Å². The highest BCUT2D eigenvalue weighted by Gasteiger charge is 2.29. The maximum absolute atomic E-state index is 11.7. The third-order valence-electron chi connectivity index (χ3n) is 3.05. The van der Waals surface area contributed by atoms with Crippen molar-refractivity contribution in [1.82, 2.24) is 5.32 Å². The molecule has 0 heterocycles. The van der Waals surface area contributed by atoms with Crippen molar-refractivity contribution in [3.05, 3.63) is 0 Å². The molecule has 104 valence electrons. The maximum atomic E-state index is 11.7. The normalized spacial score (nSPS) is 24.4. The number of carboxylic acids is 1. The van der Waals surface area contributed by atoms with Crippen LogP contribution in [0.15, 0.2) is 0 Å². The maximum Gasteiger partial charge on any atom is 0.407 e. The highest BCUT2D eigenvalue weighted by molar-refractivity contribution is 5.69. The van der Waals surface area contributed by atoms with Gasteiger partial charge in [-0.3, -0.25) is 4.79 Å². The van der Waals surface area contributed by atoms with E-state index in [1.54, 1.807) is 0 Å². The first kappa shape index (κ1) is 14.8. The first-order chi connectivity index (χ1) is 8.28. The van der Waals surface area contributed by atoms with Crippen LogP contribution in [0, 0.1) is 5.92 Å². The molecule has 0 bridgehead atoms. The van der Waals surface area contributed by atoms with E-state index >= 15 is 0 Å². The lowest BCUT2D eigenvalue weighted by Crippen LogP contribution is -2.44. The van der Waals surface area contributed by atoms with Gasteiger partial charge < -0.3 is 15.2 Å². The van der Waals surface area contributed by atoms with Crippen molar-refractivity contribution in [3.63, 3.8) is 0 Å². The zero-order valence-electron chi connectivity index (χ0n) is 11.4. The van der Waals surface area contributed by atoms with Crippen LogP contribution in [0.4, 0.5) is 4.79 Å². The topological polar surface area (TPSA) is 75.6 Å². The summed E-state index contributed by atoms with van der Waals surface area (Å²) in [6.45, 7) is 5.42. The second-order valence-electron chi connectivity index (χ2n) is 5.90. The number of rotatable bonds is 3. The molecular formula is C13H23NO4. The summed E-state index contributed by atoms with van der Waals surface area (Å²) in [5.41, 5.74) is -0.527. The number of nitrogens with one attached hydrogen (secondary N) is 1. The molecule has 1 aliphatic carbocycles. The highest BCUT2D eigenvalue weighted by atomic mass is 16.6. The van der Waals surface area contributed by atoms with E-state index in [0.717, 1.165) is 25.7 Å². The van der Waals surface area contributed by atoms with Crippen LogP contribution in [0.5, 0.6) is 0 Å². The average Bonchev–Trinajstić information content (AvgIpc) is 2.17. The van der Waals surface area contributed by atoms with Crippen LogP contribution in [-0.4, -0.2) is 28.8 Å². The molecule has 1 saturated carbocycles. The van der Waals surface area contributed by atoms with E-state index < -0.39 is 17.7 Å². The molecule has 1 amide bonds. The largest absolute Gasteiger partial charge is 0.481 e. The van der Waals surface area contributed by atoms with Gasteiger partial charge in [0.1, 0.15) is 5.60 Å². The Morgan fingerprint density at radius 3 is 2.44 bits per heavy atom. The lowest BCUT2D eigenvalue weighted by molar-refractivity contribution is -0.138. The molecule has 0 aromatic heterocycles. The summed E-state index contributed by atoms with van der Waals surface area (Å²) < 4.78 is 5.20. The van der Waals surface area contributed by atoms with Crippen LogP contribution < -0.4 is 5.32 Å². The molecule has 5 nitrogen and oxygen atoms in total. The Morgan fingerprint density at radius 1 is 1.28 bits per heavy atom. The Kier molecular flexibility index (Phi) is 4.99. The molecule has 1 rings (SSSR count). The number of aliphatic carboxylic acids is 1. The van der Waals surface area contributed by atoms with Gasteiger partial charge in [0.15, 0.2) is 0 Å². The van der Waals surface area contributed by atoms with E-state index in [-0.39, 0.29) is 18.4 Å². The molecular weight excluding hydrogens is 234 g/mol. The minimum atomic E-state index is -0.808. The van der Waals surface area contributed by atoms with Gasteiger partial charge in [-0.1, -0.05) is 12.8 Å². The quantitative estimate of drug-likeness (QED) is 0.814. The summed E-state index contributed by atoms with van der Waals surface area (Å²) in [5.74, 6) is -0.790. The molecule has 2 atom stereocenters. The SMILES string of the molecule is CC(C)(C)OC(=O)N[C@@H]1CCCC[C@H]1CC(=O)O. The van der Waals surface area contributed by atoms with Crippen molar-refractivity contribution in [2.24, 2.45) is 5.92 Å². The summed E-state index contributed by atoms with van der Waals surface area (Å²) in [7, 11) is 0. The molecule has 0 aromatic rings. The summed E-state index contributed by atoms with van der Waals surface area (Å²) in [4.78, 5) is 22.5. The van der Waals surface area contributed by atoms with Crippen LogP contribution >= 0.6 is 0 Å². The third kappa shape index (κ3) is 5.38. The minimum Gasteiger partial charge on any atom is -0.481 e. The van der Waals surface area contributed by atoms with Crippen LogP contribution in [0.2, 0.25) is 0 Å². The lowest BCUT2D eigenvalue weighted by atomic mass is 9.82. The smallest absolute Gasteiger partial charge is 0.407 e. The zero-order chi connectivity index (χ0) is 13.8. The van der Waals surface area contributed by atoms with Crippen molar-refractivity contribution in [1.29, 1.82) is 0 Å². The number of alkyl carbamates (subject to hydrolysis) is 1. The molecule has 0 radical (unpaired) electrons. The van der Waals surface area contributed by atoms with Gasteiger partial charge in [-0.2, -0.15) is 0 Å². The molecule has 0 unspecified atom stereocenters. The number of amides is 1. The average molecular weight is 257 g/mol. The summed E-state index contributed by atoms with van der Waals surface area (Å²) in [6.07, 6.45) is 3.40. The van der Waals surface area contributed by atoms with Gasteiger partial charge in [0.25, 0.3) is 0 Å². The molecule has 0 spiro atoms. The van der Waals surface area contributed by atoms with Crippen LogP contribution in [0.1, 0.15) is 52.9 Å². The van der Waals surface area contributed by atoms with Gasteiger partial charge in [-0.05, 0) is 39.5 Å². The van der Waals surface area contributed by atoms with Crippen molar-refractivity contribution in [3.8, 4) is 0 Å². The molecule has 0 aliphatic heterocycles. The van der Waals surface area contributed by atoms with Crippen molar-refractivity contribution in [2.75, 3.05) is 0 Å². The summed E-state index contributed by atoms with van der Waals surface area (Å²) >= 11 is 0. The summed E-state index contributed by atoms with van der Waals surface area (Å²) in [5, 5.41) is 11.7. The van der Waals surface area contributed by atoms with Gasteiger partial charge >= 0.3 is 12.1 Å². The van der Waals surface area contributed by atoms with Crippen LogP contribution in [-0.2, 0) is 9.53 Å². The van der Waals surface area contributed by atoms with E-state index in [9.17, 15) is 9.59 Å². The fourth-order valence-electron chi connectivity index (χ4n) is 2.33. The molecule has 18 heavy (non-hydrogen) atoms. The fraction of sp³-hybridized carbons (Fsp3) is 0.846. The second kappa shape index (κ2) is 6.07. The van der Waals surface area contributed by atoms with Crippen molar-refractivity contribution >= 4 is 12.1 Å².